The van der Waals surface area contributed by atoms with Crippen LogP contribution < -0.4 is 30.2 Å². The van der Waals surface area contributed by atoms with Gasteiger partial charge in [-0.2, -0.15) is 5.26 Å². The van der Waals surface area contributed by atoms with Gasteiger partial charge in [0, 0.05) is 34.5 Å². The van der Waals surface area contributed by atoms with Crippen LogP contribution in [0, 0.1) is 11.3 Å². The summed E-state index contributed by atoms with van der Waals surface area (Å²) in [7, 11) is 4.44. The Hall–Kier alpha value is -5.78. The zero-order valence-electron chi connectivity index (χ0n) is 28.3. The zero-order chi connectivity index (χ0) is 36.5. The second kappa shape index (κ2) is 16.8. The van der Waals surface area contributed by atoms with Gasteiger partial charge in [-0.25, -0.2) is 0 Å². The van der Waals surface area contributed by atoms with Crippen LogP contribution in [-0.2, 0) is 27.3 Å². The van der Waals surface area contributed by atoms with E-state index >= 15 is 0 Å². The molecule has 262 valence electrons. The predicted molar refractivity (Wildman–Crippen MR) is 196 cm³/mol. The number of hydrogen-bond acceptors (Lipinski definition) is 10. The van der Waals surface area contributed by atoms with Crippen molar-refractivity contribution < 1.29 is 33.4 Å². The molecule has 0 unspecified atom stereocenters. The highest BCUT2D eigenvalue weighted by molar-refractivity contribution is 8.00. The Bertz CT molecular complexity index is 2010. The topological polar surface area (TPSA) is 159 Å². The monoisotopic (exact) mass is 725 g/mol. The fourth-order valence-electron chi connectivity index (χ4n) is 5.35. The first kappa shape index (κ1) is 36.5. The molecule has 14 heteroatoms. The predicted octanol–water partition coefficient (Wildman–Crippen LogP) is 5.69. The number of nitrogens with one attached hydrogen (secondary N) is 3. The number of carbonyl (C=O) groups excluding carboxylic acids is 4. The molecule has 1 aliphatic rings. The Kier molecular flexibility index (Phi) is 12.0. The van der Waals surface area contributed by atoms with Gasteiger partial charge in [0.05, 0.1) is 39.2 Å². The molecule has 0 radical (unpaired) electrons. The van der Waals surface area contributed by atoms with E-state index in [9.17, 15) is 24.4 Å². The summed E-state index contributed by atoms with van der Waals surface area (Å²) >= 11 is 2.57. The molecule has 3 aromatic carbocycles. The normalized spacial score (nSPS) is 12.2. The Morgan fingerprint density at radius 2 is 1.69 bits per heavy atom. The van der Waals surface area contributed by atoms with Gasteiger partial charge < -0.3 is 35.1 Å². The van der Waals surface area contributed by atoms with Gasteiger partial charge in [-0.3, -0.25) is 19.2 Å². The summed E-state index contributed by atoms with van der Waals surface area (Å²) in [5, 5.41) is 18.7. The van der Waals surface area contributed by atoms with E-state index < -0.39 is 11.8 Å². The second-order valence-electron chi connectivity index (χ2n) is 11.2. The summed E-state index contributed by atoms with van der Waals surface area (Å²) in [6, 6.07) is 21.0. The molecule has 12 nitrogen and oxygen atoms in total. The minimum atomic E-state index is -0.595. The third kappa shape index (κ3) is 8.88. The first-order valence-corrected chi connectivity index (χ1v) is 17.5. The molecule has 1 aliphatic heterocycles. The van der Waals surface area contributed by atoms with Gasteiger partial charge in [0.15, 0.2) is 11.5 Å². The van der Waals surface area contributed by atoms with E-state index in [1.54, 1.807) is 71.6 Å². The van der Waals surface area contributed by atoms with Crippen molar-refractivity contribution in [2.75, 3.05) is 44.3 Å². The molecule has 4 amide bonds. The largest absolute Gasteiger partial charge is 0.493 e. The van der Waals surface area contributed by atoms with Gasteiger partial charge in [0.1, 0.15) is 16.8 Å². The van der Waals surface area contributed by atoms with Crippen molar-refractivity contribution >= 4 is 63.5 Å². The van der Waals surface area contributed by atoms with Crippen LogP contribution in [0.25, 0.3) is 6.08 Å². The molecule has 0 fully saturated rings. The molecule has 0 spiro atoms. The van der Waals surface area contributed by atoms with Crippen LogP contribution in [0.4, 0.5) is 10.7 Å². The van der Waals surface area contributed by atoms with Crippen molar-refractivity contribution in [1.29, 1.82) is 5.26 Å². The number of anilines is 2. The van der Waals surface area contributed by atoms with Crippen molar-refractivity contribution in [2.24, 2.45) is 0 Å². The Morgan fingerprint density at radius 1 is 0.961 bits per heavy atom. The van der Waals surface area contributed by atoms with Crippen LogP contribution in [0.2, 0.25) is 0 Å². The highest BCUT2D eigenvalue weighted by Crippen LogP contribution is 2.39. The van der Waals surface area contributed by atoms with Crippen molar-refractivity contribution in [3.05, 3.63) is 99.6 Å². The average molecular weight is 726 g/mol. The quantitative estimate of drug-likeness (QED) is 0.123. The van der Waals surface area contributed by atoms with E-state index in [4.69, 9.17) is 14.2 Å². The van der Waals surface area contributed by atoms with E-state index in [1.807, 2.05) is 0 Å². The maximum absolute atomic E-state index is 13.7. The zero-order valence-corrected chi connectivity index (χ0v) is 30.0. The Balaban J connectivity index is 1.31. The second-order valence-corrected chi connectivity index (χ2v) is 13.3. The fraction of sp³-hybridized carbons (Fsp3) is 0.216. The van der Waals surface area contributed by atoms with Crippen LogP contribution in [0.15, 0.2) is 77.3 Å². The van der Waals surface area contributed by atoms with Gasteiger partial charge in [-0.15, -0.1) is 23.1 Å². The molecule has 1 aromatic heterocycles. The lowest BCUT2D eigenvalue weighted by Crippen LogP contribution is -2.33. The molecule has 3 N–H and O–H groups in total. The summed E-state index contributed by atoms with van der Waals surface area (Å²) in [6.07, 6.45) is 2.06. The van der Waals surface area contributed by atoms with E-state index in [1.165, 1.54) is 57.4 Å². The molecule has 0 aliphatic carbocycles. The number of thioether (sulfide) groups is 1. The van der Waals surface area contributed by atoms with Gasteiger partial charge in [-0.1, -0.05) is 24.3 Å². The number of amides is 4. The number of rotatable bonds is 12. The third-order valence-electron chi connectivity index (χ3n) is 7.86. The molecular formula is C37H35N5O7S2. The van der Waals surface area contributed by atoms with Gasteiger partial charge >= 0.3 is 0 Å². The number of nitrogens with zero attached hydrogens (tertiary/aromatic N) is 2. The number of nitriles is 1. The highest BCUT2D eigenvalue weighted by atomic mass is 32.2. The van der Waals surface area contributed by atoms with Crippen LogP contribution in [0.5, 0.6) is 17.2 Å². The Morgan fingerprint density at radius 3 is 2.33 bits per heavy atom. The standard InChI is InChI=1S/C37H35N5O7S2/c1-22(43)42-14-13-27-28(19-38)37(51-32(27)20-42)41-33(44)21-50-26-12-8-11-25(18-26)39-36(46)29(40-35(45)24-9-6-5-7-10-24)15-23-16-30(47-2)34(49-4)31(17-23)48-3/h5-12,15-18H,13-14,20-21H2,1-4H3,(H,39,46)(H,40,45)(H,41,44)/b29-15+. The number of thiophene rings is 1. The van der Waals surface area contributed by atoms with Crippen molar-refractivity contribution in [3.63, 3.8) is 0 Å². The first-order valence-electron chi connectivity index (χ1n) is 15.7. The molecule has 0 atom stereocenters. The van der Waals surface area contributed by atoms with Crippen LogP contribution in [0.3, 0.4) is 0 Å². The smallest absolute Gasteiger partial charge is 0.272 e. The van der Waals surface area contributed by atoms with Gasteiger partial charge in [0.2, 0.25) is 17.6 Å². The summed E-state index contributed by atoms with van der Waals surface area (Å²) in [4.78, 5) is 55.0. The molecule has 51 heavy (non-hydrogen) atoms. The van der Waals surface area contributed by atoms with Gasteiger partial charge in [-0.05, 0) is 66.1 Å². The maximum atomic E-state index is 13.7. The number of hydrogen-bond donors (Lipinski definition) is 3. The summed E-state index contributed by atoms with van der Waals surface area (Å²) in [5.41, 5.74) is 2.57. The number of benzene rings is 3. The minimum Gasteiger partial charge on any atom is -0.493 e. The van der Waals surface area contributed by atoms with Crippen LogP contribution >= 0.6 is 23.1 Å². The lowest BCUT2D eigenvalue weighted by atomic mass is 10.0. The highest BCUT2D eigenvalue weighted by Gasteiger charge is 2.26. The number of ether oxygens (including phenoxy) is 3. The molecule has 0 bridgehead atoms. The Labute approximate surface area is 303 Å². The number of carbonyl (C=O) groups is 4. The van der Waals surface area contributed by atoms with Crippen LogP contribution in [-0.4, -0.2) is 62.2 Å². The molecule has 2 heterocycles. The molecule has 0 saturated heterocycles. The molecular weight excluding hydrogens is 691 g/mol. The van der Waals surface area contributed by atoms with E-state index in [-0.39, 0.29) is 23.3 Å². The SMILES string of the molecule is COc1cc(/C=C(/NC(=O)c2ccccc2)C(=O)Nc2cccc(SCC(=O)Nc3sc4c(c3C#N)CCN(C(C)=O)C4)c2)cc(OC)c1OC. The van der Waals surface area contributed by atoms with Crippen LogP contribution in [0.1, 0.15) is 38.8 Å². The maximum Gasteiger partial charge on any atom is 0.272 e. The lowest BCUT2D eigenvalue weighted by molar-refractivity contribution is -0.129. The van der Waals surface area contributed by atoms with Gasteiger partial charge in [0.25, 0.3) is 11.8 Å². The molecule has 0 saturated carbocycles. The lowest BCUT2D eigenvalue weighted by Gasteiger charge is -2.25. The first-order chi connectivity index (χ1) is 24.6. The van der Waals surface area contributed by atoms with E-state index in [0.29, 0.717) is 69.0 Å². The summed E-state index contributed by atoms with van der Waals surface area (Å²) < 4.78 is 16.3. The van der Waals surface area contributed by atoms with Crippen molar-refractivity contribution in [1.82, 2.24) is 10.2 Å². The molecule has 4 aromatic rings. The number of fused-ring (bicyclic) bond motifs is 1. The number of methoxy groups -OCH3 is 3. The van der Waals surface area contributed by atoms with Crippen molar-refractivity contribution in [3.8, 4) is 23.3 Å². The van der Waals surface area contributed by atoms with E-state index in [2.05, 4.69) is 22.0 Å². The summed E-state index contributed by atoms with van der Waals surface area (Å²) in [5.74, 6) is -0.252. The van der Waals surface area contributed by atoms with Crippen molar-refractivity contribution in [2.45, 2.75) is 24.8 Å². The minimum absolute atomic E-state index is 0.0317. The fourth-order valence-corrected chi connectivity index (χ4v) is 7.33. The average Bonchev–Trinajstić information content (AvgIpc) is 3.49. The van der Waals surface area contributed by atoms with E-state index in [0.717, 1.165) is 10.4 Å². The molecule has 5 rings (SSSR count). The summed E-state index contributed by atoms with van der Waals surface area (Å²) in [6.45, 7) is 2.47. The third-order valence-corrected chi connectivity index (χ3v) is 9.98.